The van der Waals surface area contributed by atoms with E-state index in [4.69, 9.17) is 4.74 Å². The lowest BCUT2D eigenvalue weighted by atomic mass is 10.1. The van der Waals surface area contributed by atoms with Crippen molar-refractivity contribution in [2.75, 3.05) is 11.9 Å². The van der Waals surface area contributed by atoms with Gasteiger partial charge in [0.15, 0.2) is 23.2 Å². The summed E-state index contributed by atoms with van der Waals surface area (Å²) >= 11 is 2.23. The van der Waals surface area contributed by atoms with E-state index in [1.807, 2.05) is 24.3 Å². The highest BCUT2D eigenvalue weighted by Gasteiger charge is 2.44. The predicted molar refractivity (Wildman–Crippen MR) is 101 cm³/mol. The van der Waals surface area contributed by atoms with E-state index in [1.165, 1.54) is 17.2 Å². The molecule has 0 amide bonds. The molecule has 0 saturated carbocycles. The molecule has 9 nitrogen and oxygen atoms in total. The fraction of sp³-hybridized carbons (Fsp3) is 0.312. The fourth-order valence-electron chi connectivity index (χ4n) is 2.91. The van der Waals surface area contributed by atoms with Crippen LogP contribution in [-0.2, 0) is 4.74 Å². The number of nitrogens with one attached hydrogen (secondary N) is 1. The van der Waals surface area contributed by atoms with E-state index in [1.54, 1.807) is 0 Å². The van der Waals surface area contributed by atoms with Gasteiger partial charge in [0.1, 0.15) is 24.6 Å². The van der Waals surface area contributed by atoms with Crippen molar-refractivity contribution >= 4 is 45.3 Å². The minimum Gasteiger partial charge on any atom is -0.394 e. The van der Waals surface area contributed by atoms with Crippen molar-refractivity contribution in [2.45, 2.75) is 24.5 Å². The molecule has 136 valence electrons. The minimum absolute atomic E-state index is 0.393. The number of aromatic nitrogens is 4. The Hall–Kier alpha value is -1.86. The molecule has 1 aliphatic heterocycles. The zero-order valence-corrected chi connectivity index (χ0v) is 15.6. The van der Waals surface area contributed by atoms with Gasteiger partial charge in [0.2, 0.25) is 0 Å². The number of aliphatic hydroxyl groups is 3. The van der Waals surface area contributed by atoms with Crippen LogP contribution in [0.2, 0.25) is 0 Å². The van der Waals surface area contributed by atoms with Gasteiger partial charge < -0.3 is 25.4 Å². The van der Waals surface area contributed by atoms with E-state index >= 15 is 0 Å². The van der Waals surface area contributed by atoms with Crippen molar-refractivity contribution in [2.24, 2.45) is 0 Å². The Labute approximate surface area is 161 Å². The predicted octanol–water partition coefficient (Wildman–Crippen LogP) is 0.786. The quantitative estimate of drug-likeness (QED) is 0.414. The number of hydrogen-bond acceptors (Lipinski definition) is 8. The number of nitrogens with zero attached hydrogens (tertiary/aromatic N) is 4. The Morgan fingerprint density at radius 3 is 2.58 bits per heavy atom. The second-order valence-electron chi connectivity index (χ2n) is 5.91. The van der Waals surface area contributed by atoms with Crippen LogP contribution in [0, 0.1) is 3.57 Å². The summed E-state index contributed by atoms with van der Waals surface area (Å²) in [5, 5.41) is 32.6. The van der Waals surface area contributed by atoms with Crippen LogP contribution in [0.3, 0.4) is 0 Å². The smallest absolute Gasteiger partial charge is 0.167 e. The Balaban J connectivity index is 1.68. The van der Waals surface area contributed by atoms with Crippen LogP contribution in [0.4, 0.5) is 11.5 Å². The van der Waals surface area contributed by atoms with Gasteiger partial charge in [-0.1, -0.05) is 0 Å². The molecule has 0 aliphatic carbocycles. The van der Waals surface area contributed by atoms with Gasteiger partial charge in [-0.05, 0) is 46.9 Å². The lowest BCUT2D eigenvalue weighted by molar-refractivity contribution is -0.0511. The molecule has 2 aromatic heterocycles. The first-order chi connectivity index (χ1) is 12.6. The van der Waals surface area contributed by atoms with Gasteiger partial charge in [0, 0.05) is 9.26 Å². The summed E-state index contributed by atoms with van der Waals surface area (Å²) in [5.74, 6) is 0.515. The molecule has 1 unspecified atom stereocenters. The van der Waals surface area contributed by atoms with E-state index in [0.29, 0.717) is 17.0 Å². The maximum Gasteiger partial charge on any atom is 0.167 e. The van der Waals surface area contributed by atoms with Crippen LogP contribution in [0.15, 0.2) is 36.9 Å². The van der Waals surface area contributed by atoms with Crippen LogP contribution in [0.1, 0.15) is 6.23 Å². The van der Waals surface area contributed by atoms with E-state index in [-0.39, 0.29) is 0 Å². The summed E-state index contributed by atoms with van der Waals surface area (Å²) in [6.45, 7) is -0.393. The molecular formula is C16H16IN5O4. The molecule has 4 rings (SSSR count). The Bertz CT molecular complexity index is 919. The highest BCUT2D eigenvalue weighted by molar-refractivity contribution is 14.1. The highest BCUT2D eigenvalue weighted by Crippen LogP contribution is 2.32. The lowest BCUT2D eigenvalue weighted by Gasteiger charge is -2.16. The molecule has 0 radical (unpaired) electrons. The van der Waals surface area contributed by atoms with Crippen molar-refractivity contribution in [3.05, 3.63) is 40.5 Å². The third-order valence-corrected chi connectivity index (χ3v) is 4.98. The minimum atomic E-state index is -1.20. The summed E-state index contributed by atoms with van der Waals surface area (Å²) in [7, 11) is 0. The lowest BCUT2D eigenvalue weighted by Crippen LogP contribution is -2.33. The standard InChI is InChI=1S/C16H16IN5O4/c17-8-1-3-9(4-2-8)21-14-11-15(19-6-18-14)22(7-20-11)16-13(25)12(24)10(5-23)26-16/h1-4,6-7,10,12-13,16,23-25H,5H2,(H,18,19,21)/t10-,12-,13-,16?/m1/s1. The van der Waals surface area contributed by atoms with Crippen molar-refractivity contribution < 1.29 is 20.1 Å². The van der Waals surface area contributed by atoms with Crippen LogP contribution in [0.5, 0.6) is 0 Å². The number of hydrogen-bond donors (Lipinski definition) is 4. The van der Waals surface area contributed by atoms with Gasteiger partial charge in [0.25, 0.3) is 0 Å². The normalized spacial score (nSPS) is 25.7. The Kier molecular flexibility index (Phi) is 4.75. The Morgan fingerprint density at radius 2 is 1.88 bits per heavy atom. The molecule has 1 aromatic carbocycles. The number of halogens is 1. The summed E-state index contributed by atoms with van der Waals surface area (Å²) < 4.78 is 8.20. The number of ether oxygens (including phenoxy) is 1. The first-order valence-electron chi connectivity index (χ1n) is 7.91. The van der Waals surface area contributed by atoms with Crippen LogP contribution >= 0.6 is 22.6 Å². The molecule has 3 aromatic rings. The Morgan fingerprint density at radius 1 is 1.12 bits per heavy atom. The van der Waals surface area contributed by atoms with E-state index < -0.39 is 31.1 Å². The van der Waals surface area contributed by atoms with Gasteiger partial charge in [0.05, 0.1) is 12.9 Å². The largest absolute Gasteiger partial charge is 0.394 e. The molecule has 0 bridgehead atoms. The third-order valence-electron chi connectivity index (χ3n) is 4.26. The average molecular weight is 469 g/mol. The number of benzene rings is 1. The molecule has 0 spiro atoms. The van der Waals surface area contributed by atoms with Crippen molar-refractivity contribution in [3.8, 4) is 0 Å². The van der Waals surface area contributed by atoms with E-state index in [9.17, 15) is 15.3 Å². The maximum atomic E-state index is 10.2. The van der Waals surface area contributed by atoms with Crippen LogP contribution in [0.25, 0.3) is 11.2 Å². The van der Waals surface area contributed by atoms with Crippen molar-refractivity contribution in [1.82, 2.24) is 19.5 Å². The molecule has 3 heterocycles. The fourth-order valence-corrected chi connectivity index (χ4v) is 3.27. The van der Waals surface area contributed by atoms with Crippen molar-refractivity contribution in [3.63, 3.8) is 0 Å². The molecule has 10 heteroatoms. The number of rotatable bonds is 4. The van der Waals surface area contributed by atoms with Crippen LogP contribution in [-0.4, -0.2) is 59.8 Å². The van der Waals surface area contributed by atoms with Gasteiger partial charge in [-0.3, -0.25) is 4.57 Å². The number of anilines is 2. The number of fused-ring (bicyclic) bond motifs is 1. The molecule has 1 saturated heterocycles. The molecular weight excluding hydrogens is 453 g/mol. The third kappa shape index (κ3) is 3.03. The zero-order chi connectivity index (χ0) is 18.3. The first-order valence-corrected chi connectivity index (χ1v) is 8.99. The van der Waals surface area contributed by atoms with E-state index in [0.717, 1.165) is 9.26 Å². The number of imidazole rings is 1. The molecule has 26 heavy (non-hydrogen) atoms. The van der Waals surface area contributed by atoms with Gasteiger partial charge in [-0.25, -0.2) is 15.0 Å². The van der Waals surface area contributed by atoms with Gasteiger partial charge in [-0.2, -0.15) is 0 Å². The van der Waals surface area contributed by atoms with Crippen molar-refractivity contribution in [1.29, 1.82) is 0 Å². The average Bonchev–Trinajstić information content (AvgIpc) is 3.19. The second-order valence-corrected chi connectivity index (χ2v) is 7.15. The summed E-state index contributed by atoms with van der Waals surface area (Å²) in [4.78, 5) is 12.8. The summed E-state index contributed by atoms with van der Waals surface area (Å²) in [5.41, 5.74) is 1.81. The van der Waals surface area contributed by atoms with Gasteiger partial charge >= 0.3 is 0 Å². The highest BCUT2D eigenvalue weighted by atomic mass is 127. The SMILES string of the molecule is OC[C@H]1OC(n2cnc3c(Nc4ccc(I)cc4)ncnc32)[C@H](O)[C@@H]1O. The first kappa shape index (κ1) is 17.5. The maximum absolute atomic E-state index is 10.2. The summed E-state index contributed by atoms with van der Waals surface area (Å²) in [6, 6.07) is 7.80. The van der Waals surface area contributed by atoms with Crippen LogP contribution < -0.4 is 5.32 Å². The topological polar surface area (TPSA) is 126 Å². The second kappa shape index (κ2) is 7.04. The van der Waals surface area contributed by atoms with E-state index in [2.05, 4.69) is 42.9 Å². The molecule has 4 N–H and O–H groups in total. The van der Waals surface area contributed by atoms with Gasteiger partial charge in [-0.15, -0.1) is 0 Å². The number of aliphatic hydroxyl groups excluding tert-OH is 3. The summed E-state index contributed by atoms with van der Waals surface area (Å²) in [6.07, 6.45) is -1.29. The zero-order valence-electron chi connectivity index (χ0n) is 13.4. The molecule has 1 aliphatic rings. The monoisotopic (exact) mass is 469 g/mol. The molecule has 1 fully saturated rings. The molecule has 4 atom stereocenters.